The van der Waals surface area contributed by atoms with Crippen LogP contribution in [0, 0.1) is 0 Å². The summed E-state index contributed by atoms with van der Waals surface area (Å²) in [5.74, 6) is 1.26. The summed E-state index contributed by atoms with van der Waals surface area (Å²) in [7, 11) is 1.59. The molecule has 0 aliphatic heterocycles. The van der Waals surface area contributed by atoms with Crippen LogP contribution in [0.1, 0.15) is 12.0 Å². The lowest BCUT2D eigenvalue weighted by Gasteiger charge is -2.10. The van der Waals surface area contributed by atoms with Gasteiger partial charge in [0.2, 0.25) is 5.91 Å². The Morgan fingerprint density at radius 2 is 1.91 bits per heavy atom. The van der Waals surface area contributed by atoms with E-state index in [0.717, 1.165) is 10.0 Å². The number of rotatable bonds is 7. The first-order valence-corrected chi connectivity index (χ1v) is 7.75. The summed E-state index contributed by atoms with van der Waals surface area (Å²) in [5.41, 5.74) is 1.05. The molecule has 5 heteroatoms. The predicted molar refractivity (Wildman–Crippen MR) is 89.1 cm³/mol. The number of methoxy groups -OCH3 is 1. The number of amides is 1. The van der Waals surface area contributed by atoms with Gasteiger partial charge >= 0.3 is 0 Å². The normalized spacial score (nSPS) is 10.1. The van der Waals surface area contributed by atoms with E-state index in [1.165, 1.54) is 0 Å². The summed E-state index contributed by atoms with van der Waals surface area (Å²) < 4.78 is 11.8. The van der Waals surface area contributed by atoms with E-state index >= 15 is 0 Å². The first-order chi connectivity index (χ1) is 10.7. The molecule has 116 valence electrons. The zero-order chi connectivity index (χ0) is 15.8. The van der Waals surface area contributed by atoms with Crippen LogP contribution in [0.3, 0.4) is 0 Å². The number of carbonyl (C=O) groups is 1. The minimum atomic E-state index is -0.0464. The minimum absolute atomic E-state index is 0.0464. The van der Waals surface area contributed by atoms with Gasteiger partial charge in [-0.2, -0.15) is 0 Å². The van der Waals surface area contributed by atoms with Crippen molar-refractivity contribution < 1.29 is 14.3 Å². The monoisotopic (exact) mass is 363 g/mol. The molecule has 1 amide bonds. The highest BCUT2D eigenvalue weighted by Gasteiger charge is 2.05. The standard InChI is InChI=1S/C17H18BrNO3/c1-21-15-7-2-3-8-16(15)22-10-9-17(20)19-12-13-5-4-6-14(18)11-13/h2-8,11H,9-10,12H2,1H3,(H,19,20). The molecular weight excluding hydrogens is 346 g/mol. The Kier molecular flexibility index (Phi) is 6.27. The van der Waals surface area contributed by atoms with Crippen LogP contribution >= 0.6 is 15.9 Å². The molecule has 0 radical (unpaired) electrons. The van der Waals surface area contributed by atoms with Crippen molar-refractivity contribution in [3.05, 3.63) is 58.6 Å². The largest absolute Gasteiger partial charge is 0.493 e. The molecule has 2 aromatic carbocycles. The molecule has 0 aliphatic rings. The fourth-order valence-corrected chi connectivity index (χ4v) is 2.37. The maximum Gasteiger partial charge on any atom is 0.223 e. The molecule has 0 aromatic heterocycles. The van der Waals surface area contributed by atoms with Gasteiger partial charge in [-0.05, 0) is 29.8 Å². The number of benzene rings is 2. The van der Waals surface area contributed by atoms with Gasteiger partial charge in [0.1, 0.15) is 0 Å². The first-order valence-electron chi connectivity index (χ1n) is 6.96. The van der Waals surface area contributed by atoms with E-state index < -0.39 is 0 Å². The lowest BCUT2D eigenvalue weighted by atomic mass is 10.2. The van der Waals surface area contributed by atoms with Gasteiger partial charge in [-0.3, -0.25) is 4.79 Å². The summed E-state index contributed by atoms with van der Waals surface area (Å²) >= 11 is 3.41. The zero-order valence-electron chi connectivity index (χ0n) is 12.3. The van der Waals surface area contributed by atoms with E-state index in [0.29, 0.717) is 31.1 Å². The third kappa shape index (κ3) is 5.07. The molecule has 22 heavy (non-hydrogen) atoms. The fourth-order valence-electron chi connectivity index (χ4n) is 1.93. The van der Waals surface area contributed by atoms with E-state index in [1.807, 2.05) is 48.5 Å². The van der Waals surface area contributed by atoms with Gasteiger partial charge in [0, 0.05) is 11.0 Å². The summed E-state index contributed by atoms with van der Waals surface area (Å²) in [6.45, 7) is 0.817. The van der Waals surface area contributed by atoms with Crippen molar-refractivity contribution in [3.63, 3.8) is 0 Å². The Morgan fingerprint density at radius 3 is 2.64 bits per heavy atom. The highest BCUT2D eigenvalue weighted by atomic mass is 79.9. The molecule has 0 heterocycles. The van der Waals surface area contributed by atoms with Gasteiger partial charge in [0.25, 0.3) is 0 Å². The lowest BCUT2D eigenvalue weighted by Crippen LogP contribution is -2.24. The Balaban J connectivity index is 1.74. The number of hydrogen-bond donors (Lipinski definition) is 1. The van der Waals surface area contributed by atoms with Crippen LogP contribution in [0.4, 0.5) is 0 Å². The second-order valence-corrected chi connectivity index (χ2v) is 5.57. The predicted octanol–water partition coefficient (Wildman–Crippen LogP) is 3.54. The molecule has 0 saturated heterocycles. The zero-order valence-corrected chi connectivity index (χ0v) is 13.9. The number of hydrogen-bond acceptors (Lipinski definition) is 3. The van der Waals surface area contributed by atoms with Gasteiger partial charge in [-0.25, -0.2) is 0 Å². The highest BCUT2D eigenvalue weighted by Crippen LogP contribution is 2.25. The Bertz CT molecular complexity index is 631. The lowest BCUT2D eigenvalue weighted by molar-refractivity contribution is -0.121. The smallest absolute Gasteiger partial charge is 0.223 e. The molecule has 1 N–H and O–H groups in total. The minimum Gasteiger partial charge on any atom is -0.493 e. The maximum atomic E-state index is 11.8. The van der Waals surface area contributed by atoms with Crippen molar-refractivity contribution in [3.8, 4) is 11.5 Å². The van der Waals surface area contributed by atoms with Crippen LogP contribution in [-0.2, 0) is 11.3 Å². The maximum absolute atomic E-state index is 11.8. The van der Waals surface area contributed by atoms with E-state index in [2.05, 4.69) is 21.2 Å². The van der Waals surface area contributed by atoms with E-state index in [1.54, 1.807) is 7.11 Å². The third-order valence-electron chi connectivity index (χ3n) is 3.03. The van der Waals surface area contributed by atoms with Crippen LogP contribution in [0.25, 0.3) is 0 Å². The van der Waals surface area contributed by atoms with Crippen LogP contribution in [0.5, 0.6) is 11.5 Å². The molecular formula is C17H18BrNO3. The average molecular weight is 364 g/mol. The van der Waals surface area contributed by atoms with Crippen LogP contribution in [0.2, 0.25) is 0 Å². The Hall–Kier alpha value is -2.01. The fraction of sp³-hybridized carbons (Fsp3) is 0.235. The summed E-state index contributed by atoms with van der Waals surface area (Å²) in [4.78, 5) is 11.8. The molecule has 4 nitrogen and oxygen atoms in total. The summed E-state index contributed by atoms with van der Waals surface area (Å²) in [5, 5.41) is 2.87. The molecule has 0 atom stereocenters. The quantitative estimate of drug-likeness (QED) is 0.818. The van der Waals surface area contributed by atoms with Crippen LogP contribution in [0.15, 0.2) is 53.0 Å². The number of ether oxygens (including phenoxy) is 2. The average Bonchev–Trinajstić information content (AvgIpc) is 2.53. The van der Waals surface area contributed by atoms with Crippen molar-refractivity contribution in [2.45, 2.75) is 13.0 Å². The van der Waals surface area contributed by atoms with Crippen molar-refractivity contribution in [2.75, 3.05) is 13.7 Å². The number of nitrogens with one attached hydrogen (secondary N) is 1. The molecule has 0 fully saturated rings. The van der Waals surface area contributed by atoms with Crippen molar-refractivity contribution in [1.29, 1.82) is 0 Å². The third-order valence-corrected chi connectivity index (χ3v) is 3.53. The van der Waals surface area contributed by atoms with Crippen LogP contribution < -0.4 is 14.8 Å². The van der Waals surface area contributed by atoms with E-state index in [9.17, 15) is 4.79 Å². The summed E-state index contributed by atoms with van der Waals surface area (Å²) in [6, 6.07) is 15.2. The molecule has 0 unspecified atom stereocenters. The topological polar surface area (TPSA) is 47.6 Å². The number of carbonyl (C=O) groups excluding carboxylic acids is 1. The molecule has 0 spiro atoms. The van der Waals surface area contributed by atoms with Crippen LogP contribution in [-0.4, -0.2) is 19.6 Å². The number of para-hydroxylation sites is 2. The molecule has 0 aliphatic carbocycles. The first kappa shape index (κ1) is 16.4. The van der Waals surface area contributed by atoms with Crippen molar-refractivity contribution >= 4 is 21.8 Å². The Morgan fingerprint density at radius 1 is 1.14 bits per heavy atom. The van der Waals surface area contributed by atoms with Gasteiger partial charge in [-0.15, -0.1) is 0 Å². The van der Waals surface area contributed by atoms with Crippen molar-refractivity contribution in [2.24, 2.45) is 0 Å². The SMILES string of the molecule is COc1ccccc1OCCC(=O)NCc1cccc(Br)c1. The molecule has 0 saturated carbocycles. The van der Waals surface area contributed by atoms with E-state index in [4.69, 9.17) is 9.47 Å². The van der Waals surface area contributed by atoms with Gasteiger partial charge in [0.15, 0.2) is 11.5 Å². The van der Waals surface area contributed by atoms with Gasteiger partial charge < -0.3 is 14.8 Å². The van der Waals surface area contributed by atoms with E-state index in [-0.39, 0.29) is 5.91 Å². The molecule has 0 bridgehead atoms. The highest BCUT2D eigenvalue weighted by molar-refractivity contribution is 9.10. The Labute approximate surface area is 138 Å². The second kappa shape index (κ2) is 8.44. The second-order valence-electron chi connectivity index (χ2n) is 4.66. The molecule has 2 rings (SSSR count). The van der Waals surface area contributed by atoms with Gasteiger partial charge in [0.05, 0.1) is 20.1 Å². The number of halogens is 1. The summed E-state index contributed by atoms with van der Waals surface area (Å²) in [6.07, 6.45) is 0.298. The van der Waals surface area contributed by atoms with Gasteiger partial charge in [-0.1, -0.05) is 40.2 Å². The molecule has 2 aromatic rings. The van der Waals surface area contributed by atoms with Crippen molar-refractivity contribution in [1.82, 2.24) is 5.32 Å².